The van der Waals surface area contributed by atoms with Crippen LogP contribution in [0.3, 0.4) is 0 Å². The molecule has 4 nitrogen and oxygen atoms in total. The number of hydrogen-bond donors (Lipinski definition) is 1. The van der Waals surface area contributed by atoms with Gasteiger partial charge in [-0.3, -0.25) is 0 Å². The molecule has 1 aromatic heterocycles. The Morgan fingerprint density at radius 2 is 1.88 bits per heavy atom. The maximum Gasteiger partial charge on any atom is 0.227 e. The Balaban J connectivity index is 2.04. The van der Waals surface area contributed by atoms with Crippen molar-refractivity contribution in [3.63, 3.8) is 0 Å². The molecule has 3 rings (SSSR count). The molecule has 0 radical (unpaired) electrons. The zero-order valence-electron chi connectivity index (χ0n) is 14.5. The number of ether oxygens (including phenoxy) is 1. The summed E-state index contributed by atoms with van der Waals surface area (Å²) in [6, 6.07) is 11.4. The second-order valence-corrected chi connectivity index (χ2v) is 6.29. The summed E-state index contributed by atoms with van der Waals surface area (Å²) >= 11 is 6.11. The second kappa shape index (κ2) is 7.99. The van der Waals surface area contributed by atoms with E-state index in [-0.39, 0.29) is 12.2 Å². The molecular formula is C20H19ClFNO3. The monoisotopic (exact) mass is 375 g/mol. The van der Waals surface area contributed by atoms with E-state index in [1.54, 1.807) is 25.1 Å². The minimum Gasteiger partial charge on any atom is -0.436 e. The standard InChI is InChI=1S/C20H19ClFNO3/c1-3-25-18(24)11-17-19(14-6-9-16(21)12(2)10-14)26-20(23-17)13-4-7-15(22)8-5-13/h4-10,18,24H,3,11H2,1-2H3. The first-order valence-corrected chi connectivity index (χ1v) is 8.67. The summed E-state index contributed by atoms with van der Waals surface area (Å²) in [5, 5.41) is 10.7. The van der Waals surface area contributed by atoms with Crippen molar-refractivity contribution >= 4 is 11.6 Å². The van der Waals surface area contributed by atoms with Crippen LogP contribution >= 0.6 is 11.6 Å². The molecule has 0 aliphatic heterocycles. The molecule has 6 heteroatoms. The van der Waals surface area contributed by atoms with E-state index in [0.29, 0.717) is 34.5 Å². The van der Waals surface area contributed by atoms with Gasteiger partial charge in [-0.05, 0) is 61.9 Å². The highest BCUT2D eigenvalue weighted by molar-refractivity contribution is 6.31. The Morgan fingerprint density at radius 3 is 2.54 bits per heavy atom. The van der Waals surface area contributed by atoms with E-state index in [9.17, 15) is 9.50 Å². The van der Waals surface area contributed by atoms with E-state index < -0.39 is 6.29 Å². The van der Waals surface area contributed by atoms with Gasteiger partial charge in [-0.15, -0.1) is 0 Å². The fourth-order valence-corrected chi connectivity index (χ4v) is 2.75. The Hall–Kier alpha value is -2.21. The van der Waals surface area contributed by atoms with Gasteiger partial charge < -0.3 is 14.3 Å². The zero-order chi connectivity index (χ0) is 18.7. The SMILES string of the molecule is CCOC(O)Cc1nc(-c2ccc(F)cc2)oc1-c1ccc(Cl)c(C)c1. The lowest BCUT2D eigenvalue weighted by Crippen LogP contribution is -2.15. The van der Waals surface area contributed by atoms with Crippen LogP contribution in [0.5, 0.6) is 0 Å². The van der Waals surface area contributed by atoms with Crippen molar-refractivity contribution in [2.45, 2.75) is 26.6 Å². The van der Waals surface area contributed by atoms with Crippen LogP contribution in [-0.2, 0) is 11.2 Å². The molecule has 0 fully saturated rings. The summed E-state index contributed by atoms with van der Waals surface area (Å²) in [5.74, 6) is 0.551. The van der Waals surface area contributed by atoms with E-state index in [2.05, 4.69) is 4.98 Å². The zero-order valence-corrected chi connectivity index (χ0v) is 15.3. The van der Waals surface area contributed by atoms with Gasteiger partial charge in [0.05, 0.1) is 5.69 Å². The van der Waals surface area contributed by atoms with Gasteiger partial charge in [-0.2, -0.15) is 0 Å². The second-order valence-electron chi connectivity index (χ2n) is 5.88. The number of aliphatic hydroxyl groups is 1. The average Bonchev–Trinajstić information content (AvgIpc) is 3.02. The minimum absolute atomic E-state index is 0.176. The van der Waals surface area contributed by atoms with Gasteiger partial charge in [-0.1, -0.05) is 11.6 Å². The Kier molecular flexibility index (Phi) is 5.71. The Labute approximate surface area is 156 Å². The van der Waals surface area contributed by atoms with Crippen LogP contribution in [0, 0.1) is 12.7 Å². The van der Waals surface area contributed by atoms with Crippen LogP contribution in [0.1, 0.15) is 18.2 Å². The van der Waals surface area contributed by atoms with Gasteiger partial charge in [0.1, 0.15) is 5.82 Å². The number of nitrogens with zero attached hydrogens (tertiary/aromatic N) is 1. The molecule has 0 amide bonds. The number of benzene rings is 2. The third-order valence-electron chi connectivity index (χ3n) is 3.94. The first-order valence-electron chi connectivity index (χ1n) is 8.29. The quantitative estimate of drug-likeness (QED) is 0.615. The van der Waals surface area contributed by atoms with Crippen molar-refractivity contribution in [2.75, 3.05) is 6.61 Å². The Morgan fingerprint density at radius 1 is 1.19 bits per heavy atom. The largest absolute Gasteiger partial charge is 0.436 e. The van der Waals surface area contributed by atoms with Crippen molar-refractivity contribution in [3.05, 3.63) is 64.6 Å². The van der Waals surface area contributed by atoms with Crippen molar-refractivity contribution in [3.8, 4) is 22.8 Å². The van der Waals surface area contributed by atoms with Crippen LogP contribution in [-0.4, -0.2) is 23.0 Å². The third kappa shape index (κ3) is 4.12. The molecule has 2 aromatic carbocycles. The predicted octanol–water partition coefficient (Wildman–Crippen LogP) is 5.01. The number of aromatic nitrogens is 1. The lowest BCUT2D eigenvalue weighted by molar-refractivity contribution is -0.0932. The lowest BCUT2D eigenvalue weighted by atomic mass is 10.1. The summed E-state index contributed by atoms with van der Waals surface area (Å²) in [6.45, 7) is 4.09. The number of oxazole rings is 1. The number of aliphatic hydroxyl groups excluding tert-OH is 1. The molecule has 0 saturated heterocycles. The molecule has 26 heavy (non-hydrogen) atoms. The Bertz CT molecular complexity index is 893. The molecule has 0 spiro atoms. The summed E-state index contributed by atoms with van der Waals surface area (Å²) in [6.07, 6.45) is -0.812. The van der Waals surface area contributed by atoms with E-state index in [4.69, 9.17) is 20.8 Å². The van der Waals surface area contributed by atoms with Crippen LogP contribution in [0.15, 0.2) is 46.9 Å². The van der Waals surface area contributed by atoms with Gasteiger partial charge in [0.2, 0.25) is 5.89 Å². The number of rotatable bonds is 6. The summed E-state index contributed by atoms with van der Waals surface area (Å²) in [5.41, 5.74) is 2.91. The van der Waals surface area contributed by atoms with E-state index in [1.807, 2.05) is 19.1 Å². The van der Waals surface area contributed by atoms with Crippen molar-refractivity contribution < 1.29 is 18.7 Å². The molecule has 0 bridgehead atoms. The van der Waals surface area contributed by atoms with E-state index >= 15 is 0 Å². The number of aryl methyl sites for hydroxylation is 1. The number of halogens is 2. The highest BCUT2D eigenvalue weighted by Crippen LogP contribution is 2.32. The lowest BCUT2D eigenvalue weighted by Gasteiger charge is -2.09. The van der Waals surface area contributed by atoms with Crippen LogP contribution < -0.4 is 0 Å². The van der Waals surface area contributed by atoms with Crippen LogP contribution in [0.4, 0.5) is 4.39 Å². The molecular weight excluding hydrogens is 357 g/mol. The molecule has 3 aromatic rings. The topological polar surface area (TPSA) is 55.5 Å². The normalized spacial score (nSPS) is 12.3. The fourth-order valence-electron chi connectivity index (χ4n) is 2.63. The molecule has 136 valence electrons. The maximum absolute atomic E-state index is 13.2. The molecule has 1 unspecified atom stereocenters. The first kappa shape index (κ1) is 18.6. The average molecular weight is 376 g/mol. The van der Waals surface area contributed by atoms with Gasteiger partial charge >= 0.3 is 0 Å². The van der Waals surface area contributed by atoms with Gasteiger partial charge in [0.15, 0.2) is 12.1 Å². The van der Waals surface area contributed by atoms with Crippen molar-refractivity contribution in [1.29, 1.82) is 0 Å². The van der Waals surface area contributed by atoms with Gasteiger partial charge in [0, 0.05) is 29.2 Å². The van der Waals surface area contributed by atoms with Crippen molar-refractivity contribution in [1.82, 2.24) is 4.98 Å². The minimum atomic E-state index is -0.988. The number of hydrogen-bond acceptors (Lipinski definition) is 4. The first-order chi connectivity index (χ1) is 12.5. The molecule has 0 aliphatic carbocycles. The summed E-state index contributed by atoms with van der Waals surface area (Å²) in [7, 11) is 0. The van der Waals surface area contributed by atoms with Crippen LogP contribution in [0.25, 0.3) is 22.8 Å². The summed E-state index contributed by atoms with van der Waals surface area (Å²) < 4.78 is 24.3. The predicted molar refractivity (Wildman–Crippen MR) is 98.4 cm³/mol. The smallest absolute Gasteiger partial charge is 0.227 e. The molecule has 0 aliphatic rings. The highest BCUT2D eigenvalue weighted by Gasteiger charge is 2.20. The van der Waals surface area contributed by atoms with Gasteiger partial charge in [0.25, 0.3) is 0 Å². The highest BCUT2D eigenvalue weighted by atomic mass is 35.5. The molecule has 1 N–H and O–H groups in total. The van der Waals surface area contributed by atoms with Crippen molar-refractivity contribution in [2.24, 2.45) is 0 Å². The van der Waals surface area contributed by atoms with Crippen LogP contribution in [0.2, 0.25) is 5.02 Å². The van der Waals surface area contributed by atoms with E-state index in [0.717, 1.165) is 11.1 Å². The van der Waals surface area contributed by atoms with E-state index in [1.165, 1.54) is 12.1 Å². The third-order valence-corrected chi connectivity index (χ3v) is 4.36. The summed E-state index contributed by atoms with van der Waals surface area (Å²) in [4.78, 5) is 4.50. The molecule has 1 heterocycles. The van der Waals surface area contributed by atoms with Gasteiger partial charge in [-0.25, -0.2) is 9.37 Å². The maximum atomic E-state index is 13.2. The molecule has 0 saturated carbocycles. The fraction of sp³-hybridized carbons (Fsp3) is 0.250. The molecule has 1 atom stereocenters.